The van der Waals surface area contributed by atoms with Gasteiger partial charge in [0.1, 0.15) is 0 Å². The summed E-state index contributed by atoms with van der Waals surface area (Å²) in [6.45, 7) is 3.01. The SMILES string of the molecule is O=C(C1CCCc2ccccc21)N1CC2CCCNC2C1. The molecule has 1 aliphatic carbocycles. The van der Waals surface area contributed by atoms with Gasteiger partial charge in [-0.15, -0.1) is 0 Å². The van der Waals surface area contributed by atoms with Gasteiger partial charge in [0.25, 0.3) is 0 Å². The van der Waals surface area contributed by atoms with Crippen LogP contribution in [0.25, 0.3) is 0 Å². The molecule has 1 aromatic rings. The van der Waals surface area contributed by atoms with Gasteiger partial charge in [0.15, 0.2) is 0 Å². The number of nitrogens with zero attached hydrogens (tertiary/aromatic N) is 1. The maximum atomic E-state index is 13.0. The number of aryl methyl sites for hydroxylation is 1. The monoisotopic (exact) mass is 284 g/mol. The highest BCUT2D eigenvalue weighted by Crippen LogP contribution is 2.35. The Labute approximate surface area is 126 Å². The zero-order chi connectivity index (χ0) is 14.2. The highest BCUT2D eigenvalue weighted by atomic mass is 16.2. The summed E-state index contributed by atoms with van der Waals surface area (Å²) in [6.07, 6.45) is 5.84. The average molecular weight is 284 g/mol. The molecule has 3 aliphatic rings. The Morgan fingerprint density at radius 3 is 2.95 bits per heavy atom. The number of carbonyl (C=O) groups excluding carboxylic acids is 1. The third-order valence-electron chi connectivity index (χ3n) is 5.58. The van der Waals surface area contributed by atoms with Gasteiger partial charge in [-0.05, 0) is 55.7 Å². The number of benzene rings is 1. The lowest BCUT2D eigenvalue weighted by Crippen LogP contribution is -2.41. The molecule has 0 bridgehead atoms. The van der Waals surface area contributed by atoms with Crippen LogP contribution < -0.4 is 5.32 Å². The predicted molar refractivity (Wildman–Crippen MR) is 83.2 cm³/mol. The molecule has 2 aliphatic heterocycles. The molecule has 1 amide bonds. The number of likely N-dealkylation sites (tertiary alicyclic amines) is 1. The quantitative estimate of drug-likeness (QED) is 0.858. The van der Waals surface area contributed by atoms with Crippen LogP contribution in [-0.2, 0) is 11.2 Å². The molecule has 4 rings (SSSR count). The predicted octanol–water partition coefficient (Wildman–Crippen LogP) is 2.32. The smallest absolute Gasteiger partial charge is 0.230 e. The van der Waals surface area contributed by atoms with E-state index in [1.165, 1.54) is 24.0 Å². The van der Waals surface area contributed by atoms with Crippen LogP contribution in [0.4, 0.5) is 0 Å². The van der Waals surface area contributed by atoms with Gasteiger partial charge < -0.3 is 10.2 Å². The minimum absolute atomic E-state index is 0.107. The van der Waals surface area contributed by atoms with Crippen molar-refractivity contribution in [1.82, 2.24) is 10.2 Å². The van der Waals surface area contributed by atoms with Crippen LogP contribution in [-0.4, -0.2) is 36.5 Å². The molecular weight excluding hydrogens is 260 g/mol. The van der Waals surface area contributed by atoms with Gasteiger partial charge in [0.2, 0.25) is 5.91 Å². The Bertz CT molecular complexity index is 528. The third kappa shape index (κ3) is 2.38. The number of hydrogen-bond acceptors (Lipinski definition) is 2. The van der Waals surface area contributed by atoms with Crippen molar-refractivity contribution >= 4 is 5.91 Å². The normalized spacial score (nSPS) is 31.6. The Morgan fingerprint density at radius 2 is 2.05 bits per heavy atom. The first kappa shape index (κ1) is 13.3. The molecule has 1 aromatic carbocycles. The molecular formula is C18H24N2O. The van der Waals surface area contributed by atoms with Gasteiger partial charge in [-0.1, -0.05) is 24.3 Å². The van der Waals surface area contributed by atoms with Crippen molar-refractivity contribution < 1.29 is 4.79 Å². The number of hydrogen-bond donors (Lipinski definition) is 1. The summed E-state index contributed by atoms with van der Waals surface area (Å²) in [5.41, 5.74) is 2.67. The molecule has 2 saturated heterocycles. The fourth-order valence-corrected chi connectivity index (χ4v) is 4.46. The highest BCUT2D eigenvalue weighted by Gasteiger charge is 2.39. The molecule has 3 unspecified atom stereocenters. The minimum Gasteiger partial charge on any atom is -0.340 e. The molecule has 1 N–H and O–H groups in total. The van der Waals surface area contributed by atoms with Crippen LogP contribution in [0.15, 0.2) is 24.3 Å². The Morgan fingerprint density at radius 1 is 1.14 bits per heavy atom. The Kier molecular flexibility index (Phi) is 3.46. The first-order valence-corrected chi connectivity index (χ1v) is 8.43. The van der Waals surface area contributed by atoms with Gasteiger partial charge in [0.05, 0.1) is 5.92 Å². The largest absolute Gasteiger partial charge is 0.340 e. The number of carbonyl (C=O) groups is 1. The molecule has 0 radical (unpaired) electrons. The second-order valence-corrected chi connectivity index (χ2v) is 6.85. The van der Waals surface area contributed by atoms with Gasteiger partial charge in [-0.2, -0.15) is 0 Å². The zero-order valence-electron chi connectivity index (χ0n) is 12.6. The van der Waals surface area contributed by atoms with Crippen LogP contribution in [0.1, 0.15) is 42.7 Å². The molecule has 0 spiro atoms. The molecule has 2 fully saturated rings. The van der Waals surface area contributed by atoms with Crippen molar-refractivity contribution in [3.8, 4) is 0 Å². The third-order valence-corrected chi connectivity index (χ3v) is 5.58. The average Bonchev–Trinajstić information content (AvgIpc) is 2.97. The van der Waals surface area contributed by atoms with E-state index in [9.17, 15) is 4.79 Å². The maximum absolute atomic E-state index is 13.0. The summed E-state index contributed by atoms with van der Waals surface area (Å²) in [4.78, 5) is 15.1. The summed E-state index contributed by atoms with van der Waals surface area (Å²) in [5, 5.41) is 3.59. The van der Waals surface area contributed by atoms with Crippen LogP contribution >= 0.6 is 0 Å². The van der Waals surface area contributed by atoms with Gasteiger partial charge in [-0.25, -0.2) is 0 Å². The van der Waals surface area contributed by atoms with Gasteiger partial charge in [-0.3, -0.25) is 4.79 Å². The lowest BCUT2D eigenvalue weighted by atomic mass is 9.82. The molecule has 3 nitrogen and oxygen atoms in total. The van der Waals surface area contributed by atoms with E-state index in [0.29, 0.717) is 17.9 Å². The van der Waals surface area contributed by atoms with E-state index in [4.69, 9.17) is 0 Å². The van der Waals surface area contributed by atoms with Crippen molar-refractivity contribution in [2.24, 2.45) is 5.92 Å². The van der Waals surface area contributed by atoms with E-state index in [-0.39, 0.29) is 5.92 Å². The van der Waals surface area contributed by atoms with Crippen LogP contribution in [0.3, 0.4) is 0 Å². The van der Waals surface area contributed by atoms with Gasteiger partial charge in [0, 0.05) is 19.1 Å². The number of amides is 1. The number of rotatable bonds is 1. The highest BCUT2D eigenvalue weighted by molar-refractivity contribution is 5.84. The van der Waals surface area contributed by atoms with Gasteiger partial charge >= 0.3 is 0 Å². The van der Waals surface area contributed by atoms with Crippen molar-refractivity contribution in [3.05, 3.63) is 35.4 Å². The number of nitrogens with one attached hydrogen (secondary N) is 1. The van der Waals surface area contributed by atoms with E-state index in [0.717, 1.165) is 38.9 Å². The number of piperidine rings is 1. The number of fused-ring (bicyclic) bond motifs is 2. The molecule has 0 aromatic heterocycles. The minimum atomic E-state index is 0.107. The Hall–Kier alpha value is -1.35. The standard InChI is InChI=1S/C18H24N2O/c21-18(20-11-14-7-4-10-19-17(14)12-20)16-9-3-6-13-5-1-2-8-15(13)16/h1-2,5,8,14,16-17,19H,3-4,6-7,9-12H2. The van der Waals surface area contributed by atoms with E-state index in [1.807, 2.05) is 0 Å². The van der Waals surface area contributed by atoms with Crippen LogP contribution in [0.5, 0.6) is 0 Å². The van der Waals surface area contributed by atoms with E-state index >= 15 is 0 Å². The molecule has 2 heterocycles. The molecule has 3 atom stereocenters. The molecule has 112 valence electrons. The second-order valence-electron chi connectivity index (χ2n) is 6.85. The summed E-state index contributed by atoms with van der Waals surface area (Å²) in [6, 6.07) is 9.08. The van der Waals surface area contributed by atoms with E-state index in [2.05, 4.69) is 34.5 Å². The maximum Gasteiger partial charge on any atom is 0.230 e. The van der Waals surface area contributed by atoms with Crippen molar-refractivity contribution in [3.63, 3.8) is 0 Å². The van der Waals surface area contributed by atoms with E-state index < -0.39 is 0 Å². The first-order chi connectivity index (χ1) is 10.3. The molecule has 3 heteroatoms. The first-order valence-electron chi connectivity index (χ1n) is 8.43. The van der Waals surface area contributed by atoms with Crippen molar-refractivity contribution in [2.45, 2.75) is 44.1 Å². The van der Waals surface area contributed by atoms with Crippen LogP contribution in [0.2, 0.25) is 0 Å². The van der Waals surface area contributed by atoms with Crippen molar-refractivity contribution in [1.29, 1.82) is 0 Å². The zero-order valence-corrected chi connectivity index (χ0v) is 12.6. The van der Waals surface area contributed by atoms with E-state index in [1.54, 1.807) is 0 Å². The lowest BCUT2D eigenvalue weighted by molar-refractivity contribution is -0.132. The fraction of sp³-hybridized carbons (Fsp3) is 0.611. The summed E-state index contributed by atoms with van der Waals surface area (Å²) >= 11 is 0. The summed E-state index contributed by atoms with van der Waals surface area (Å²) in [7, 11) is 0. The molecule has 0 saturated carbocycles. The topological polar surface area (TPSA) is 32.3 Å². The summed E-state index contributed by atoms with van der Waals surface area (Å²) in [5.74, 6) is 1.16. The lowest BCUT2D eigenvalue weighted by Gasteiger charge is -2.28. The summed E-state index contributed by atoms with van der Waals surface area (Å²) < 4.78 is 0. The Balaban J connectivity index is 1.53. The second kappa shape index (κ2) is 5.45. The fourth-order valence-electron chi connectivity index (χ4n) is 4.46. The van der Waals surface area contributed by atoms with Crippen molar-refractivity contribution in [2.75, 3.05) is 19.6 Å². The molecule has 21 heavy (non-hydrogen) atoms. The van der Waals surface area contributed by atoms with Crippen LogP contribution in [0, 0.1) is 5.92 Å².